The van der Waals surface area contributed by atoms with Crippen LogP contribution >= 0.6 is 0 Å². The van der Waals surface area contributed by atoms with Crippen molar-refractivity contribution < 1.29 is 24.2 Å². The van der Waals surface area contributed by atoms with E-state index in [9.17, 15) is 14.7 Å². The van der Waals surface area contributed by atoms with Gasteiger partial charge in [-0.05, 0) is 63.2 Å². The van der Waals surface area contributed by atoms with Gasteiger partial charge in [-0.1, -0.05) is 155 Å². The number of rotatable bonds is 34. The quantitative estimate of drug-likeness (QED) is 0.0427. The Labute approximate surface area is 285 Å². The Morgan fingerprint density at radius 3 is 1.48 bits per heavy atom. The molecule has 0 aromatic heterocycles. The molecule has 0 unspecified atom stereocenters. The smallest absolute Gasteiger partial charge is 0.305 e. The molecule has 0 radical (unpaired) electrons. The summed E-state index contributed by atoms with van der Waals surface area (Å²) in [4.78, 5) is 23.9. The third kappa shape index (κ3) is 33.7. The SMILES string of the molecule is CCCCC/C=C/C/C=C/CCCCCCCC(=O)OC[C@H](O)COC(=O)CCCCCCCCCCCC[C@H](C)C[C@H](C)CC. The lowest BCUT2D eigenvalue weighted by Gasteiger charge is -2.15. The summed E-state index contributed by atoms with van der Waals surface area (Å²) >= 11 is 0. The first kappa shape index (κ1) is 44.4. The number of hydrogen-bond acceptors (Lipinski definition) is 5. The average molecular weight is 649 g/mol. The van der Waals surface area contributed by atoms with Crippen LogP contribution < -0.4 is 0 Å². The lowest BCUT2D eigenvalue weighted by atomic mass is 9.91. The number of hydrogen-bond donors (Lipinski definition) is 1. The molecule has 0 fully saturated rings. The fourth-order valence-corrected chi connectivity index (χ4v) is 5.80. The van der Waals surface area contributed by atoms with E-state index >= 15 is 0 Å². The molecule has 0 saturated heterocycles. The number of carbonyl (C=O) groups excluding carboxylic acids is 2. The molecular formula is C41H76O5. The topological polar surface area (TPSA) is 72.8 Å². The van der Waals surface area contributed by atoms with Crippen LogP contribution in [0.1, 0.15) is 195 Å². The first-order valence-corrected chi connectivity index (χ1v) is 19.7. The van der Waals surface area contributed by atoms with Crippen molar-refractivity contribution in [2.45, 2.75) is 201 Å². The summed E-state index contributed by atoms with van der Waals surface area (Å²) in [6.07, 6.45) is 37.8. The summed E-state index contributed by atoms with van der Waals surface area (Å²) in [6.45, 7) is 9.07. The highest BCUT2D eigenvalue weighted by Gasteiger charge is 2.12. The first-order chi connectivity index (χ1) is 22.4. The van der Waals surface area contributed by atoms with E-state index in [1.807, 2.05) is 0 Å². The molecule has 0 aromatic rings. The van der Waals surface area contributed by atoms with E-state index in [-0.39, 0.29) is 25.2 Å². The Morgan fingerprint density at radius 1 is 0.565 bits per heavy atom. The predicted molar refractivity (Wildman–Crippen MR) is 196 cm³/mol. The molecule has 0 bridgehead atoms. The number of unbranched alkanes of at least 4 members (excludes halogenated alkanes) is 17. The number of aliphatic hydroxyl groups excluding tert-OH is 1. The lowest BCUT2D eigenvalue weighted by molar-refractivity contribution is -0.152. The van der Waals surface area contributed by atoms with E-state index in [4.69, 9.17) is 9.47 Å². The number of aliphatic hydroxyl groups is 1. The second kappa shape index (κ2) is 34.7. The van der Waals surface area contributed by atoms with Gasteiger partial charge in [0.2, 0.25) is 0 Å². The molecule has 0 heterocycles. The van der Waals surface area contributed by atoms with Crippen molar-refractivity contribution in [3.63, 3.8) is 0 Å². The van der Waals surface area contributed by atoms with Crippen molar-refractivity contribution in [2.24, 2.45) is 11.8 Å². The van der Waals surface area contributed by atoms with Gasteiger partial charge in [-0.3, -0.25) is 9.59 Å². The summed E-state index contributed by atoms with van der Waals surface area (Å²) in [5, 5.41) is 10.0. The molecule has 0 spiro atoms. The molecule has 1 N–H and O–H groups in total. The highest BCUT2D eigenvalue weighted by molar-refractivity contribution is 5.69. The second-order valence-electron chi connectivity index (χ2n) is 13.9. The van der Waals surface area contributed by atoms with Gasteiger partial charge in [0.15, 0.2) is 0 Å². The second-order valence-corrected chi connectivity index (χ2v) is 13.9. The highest BCUT2D eigenvalue weighted by Crippen LogP contribution is 2.21. The van der Waals surface area contributed by atoms with E-state index in [0.717, 1.165) is 63.2 Å². The number of esters is 2. The molecule has 5 heteroatoms. The largest absolute Gasteiger partial charge is 0.463 e. The zero-order valence-electron chi connectivity index (χ0n) is 30.9. The lowest BCUT2D eigenvalue weighted by Crippen LogP contribution is -2.25. The van der Waals surface area contributed by atoms with Gasteiger partial charge in [0.25, 0.3) is 0 Å². The molecule has 5 nitrogen and oxygen atoms in total. The Kier molecular flexibility index (Phi) is 33.5. The van der Waals surface area contributed by atoms with Crippen LogP contribution in [0.3, 0.4) is 0 Å². The summed E-state index contributed by atoms with van der Waals surface area (Å²) in [6, 6.07) is 0. The molecule has 0 rings (SSSR count). The third-order valence-corrected chi connectivity index (χ3v) is 9.03. The van der Waals surface area contributed by atoms with Crippen molar-refractivity contribution in [3.8, 4) is 0 Å². The van der Waals surface area contributed by atoms with Crippen LogP contribution in [0.2, 0.25) is 0 Å². The van der Waals surface area contributed by atoms with Crippen LogP contribution in [0.5, 0.6) is 0 Å². The fraction of sp³-hybridized carbons (Fsp3) is 0.854. The summed E-state index contributed by atoms with van der Waals surface area (Å²) in [5.41, 5.74) is 0. The molecule has 0 aromatic carbocycles. The van der Waals surface area contributed by atoms with Crippen LogP contribution in [0.25, 0.3) is 0 Å². The van der Waals surface area contributed by atoms with Gasteiger partial charge in [-0.25, -0.2) is 0 Å². The molecule has 270 valence electrons. The normalized spacial score (nSPS) is 13.8. The van der Waals surface area contributed by atoms with Gasteiger partial charge < -0.3 is 14.6 Å². The molecule has 0 aliphatic carbocycles. The molecular weight excluding hydrogens is 572 g/mol. The summed E-state index contributed by atoms with van der Waals surface area (Å²) in [5.74, 6) is 1.16. The minimum absolute atomic E-state index is 0.118. The maximum Gasteiger partial charge on any atom is 0.305 e. The zero-order valence-corrected chi connectivity index (χ0v) is 30.9. The minimum Gasteiger partial charge on any atom is -0.463 e. The van der Waals surface area contributed by atoms with Gasteiger partial charge in [-0.2, -0.15) is 0 Å². The van der Waals surface area contributed by atoms with Crippen LogP contribution in [-0.2, 0) is 19.1 Å². The predicted octanol–water partition coefficient (Wildman–Crippen LogP) is 12.0. The Hall–Kier alpha value is -1.62. The molecule has 0 saturated carbocycles. The third-order valence-electron chi connectivity index (χ3n) is 9.03. The zero-order chi connectivity index (χ0) is 33.9. The van der Waals surface area contributed by atoms with Gasteiger partial charge in [0.1, 0.15) is 19.3 Å². The maximum absolute atomic E-state index is 12.0. The Balaban J connectivity index is 3.48. The van der Waals surface area contributed by atoms with Crippen LogP contribution in [0.15, 0.2) is 24.3 Å². The minimum atomic E-state index is -0.967. The van der Waals surface area contributed by atoms with Crippen molar-refractivity contribution in [2.75, 3.05) is 13.2 Å². The number of allylic oxidation sites excluding steroid dienone is 4. The van der Waals surface area contributed by atoms with Crippen molar-refractivity contribution in [1.82, 2.24) is 0 Å². The standard InChI is InChI=1S/C41H76O5/c1-5-7-8-9-10-11-12-13-14-15-16-20-23-26-29-32-40(43)45-35-39(42)36-46-41(44)33-30-27-24-21-18-17-19-22-25-28-31-38(4)34-37(3)6-2/h10-11,13-14,37-39,42H,5-9,12,15-36H2,1-4H3/b11-10+,14-13+/t37-,38+,39+/m1/s1. The summed E-state index contributed by atoms with van der Waals surface area (Å²) < 4.78 is 10.3. The van der Waals surface area contributed by atoms with Crippen LogP contribution in [0.4, 0.5) is 0 Å². The van der Waals surface area contributed by atoms with E-state index in [1.54, 1.807) is 0 Å². The van der Waals surface area contributed by atoms with Gasteiger partial charge in [-0.15, -0.1) is 0 Å². The van der Waals surface area contributed by atoms with Crippen LogP contribution in [0, 0.1) is 11.8 Å². The molecule has 3 atom stereocenters. The maximum atomic E-state index is 12.0. The molecule has 0 aliphatic rings. The average Bonchev–Trinajstić information content (AvgIpc) is 3.04. The van der Waals surface area contributed by atoms with E-state index in [1.165, 1.54) is 103 Å². The van der Waals surface area contributed by atoms with Gasteiger partial charge >= 0.3 is 11.9 Å². The molecule has 46 heavy (non-hydrogen) atoms. The molecule has 0 aliphatic heterocycles. The van der Waals surface area contributed by atoms with Gasteiger partial charge in [0.05, 0.1) is 0 Å². The summed E-state index contributed by atoms with van der Waals surface area (Å²) in [7, 11) is 0. The molecule has 0 amide bonds. The van der Waals surface area contributed by atoms with Crippen molar-refractivity contribution in [1.29, 1.82) is 0 Å². The van der Waals surface area contributed by atoms with E-state index < -0.39 is 6.10 Å². The van der Waals surface area contributed by atoms with Crippen LogP contribution in [-0.4, -0.2) is 36.4 Å². The Morgan fingerprint density at radius 2 is 1.00 bits per heavy atom. The Bertz CT molecular complexity index is 730. The first-order valence-electron chi connectivity index (χ1n) is 19.7. The number of ether oxygens (including phenoxy) is 2. The van der Waals surface area contributed by atoms with E-state index in [0.29, 0.717) is 12.8 Å². The highest BCUT2D eigenvalue weighted by atomic mass is 16.6. The van der Waals surface area contributed by atoms with Crippen molar-refractivity contribution >= 4 is 11.9 Å². The number of carbonyl (C=O) groups is 2. The monoisotopic (exact) mass is 649 g/mol. The van der Waals surface area contributed by atoms with Crippen molar-refractivity contribution in [3.05, 3.63) is 24.3 Å². The van der Waals surface area contributed by atoms with Gasteiger partial charge in [0, 0.05) is 12.8 Å². The fourth-order valence-electron chi connectivity index (χ4n) is 5.80. The van der Waals surface area contributed by atoms with E-state index in [2.05, 4.69) is 52.0 Å².